The predicted octanol–water partition coefficient (Wildman–Crippen LogP) is 2.15. The van der Waals surface area contributed by atoms with E-state index in [2.05, 4.69) is 37.1 Å². The van der Waals surface area contributed by atoms with Crippen LogP contribution in [0.2, 0.25) is 0 Å². The minimum Gasteiger partial charge on any atom is -0.497 e. The molecule has 0 aromatic heterocycles. The lowest BCUT2D eigenvalue weighted by atomic mass is 9.91. The highest BCUT2D eigenvalue weighted by molar-refractivity contribution is 5.94. The molecule has 0 aliphatic carbocycles. The SMILES string of the molecule is CNC(Cc1ccccc1)C(=O)NC1C(=O)N2[C@@H](CCC1C[N+](C)(C)C)CC[C@H]2C(=O)NCCc1ccc(OC)cc1. The number of quaternary nitrogens is 1. The zero-order chi connectivity index (χ0) is 30.3. The number of ether oxygens (including phenoxy) is 1. The Morgan fingerprint density at radius 1 is 0.976 bits per heavy atom. The molecule has 0 saturated carbocycles. The summed E-state index contributed by atoms with van der Waals surface area (Å²) in [6.45, 7) is 1.24. The van der Waals surface area contributed by atoms with Gasteiger partial charge in [0.2, 0.25) is 17.7 Å². The third-order valence-corrected chi connectivity index (χ3v) is 8.57. The Labute approximate surface area is 250 Å². The first-order valence-corrected chi connectivity index (χ1v) is 15.1. The number of carbonyl (C=O) groups is 3. The third kappa shape index (κ3) is 8.10. The van der Waals surface area contributed by atoms with Crippen LogP contribution in [0.25, 0.3) is 0 Å². The molecule has 9 nitrogen and oxygen atoms in total. The van der Waals surface area contributed by atoms with Crippen LogP contribution < -0.4 is 20.7 Å². The van der Waals surface area contributed by atoms with E-state index < -0.39 is 18.1 Å². The maximum Gasteiger partial charge on any atom is 0.246 e. The van der Waals surface area contributed by atoms with E-state index in [1.165, 1.54) is 0 Å². The van der Waals surface area contributed by atoms with Crippen LogP contribution in [0.5, 0.6) is 5.75 Å². The minimum absolute atomic E-state index is 0.0103. The number of rotatable bonds is 12. The van der Waals surface area contributed by atoms with Crippen LogP contribution in [0.4, 0.5) is 0 Å². The van der Waals surface area contributed by atoms with Gasteiger partial charge < -0.3 is 30.1 Å². The zero-order valence-electron chi connectivity index (χ0n) is 25.8. The summed E-state index contributed by atoms with van der Waals surface area (Å²) in [5, 5.41) is 9.36. The van der Waals surface area contributed by atoms with Crippen molar-refractivity contribution < 1.29 is 23.6 Å². The number of nitrogens with one attached hydrogen (secondary N) is 3. The average molecular weight is 579 g/mol. The van der Waals surface area contributed by atoms with Gasteiger partial charge in [0.05, 0.1) is 40.8 Å². The van der Waals surface area contributed by atoms with E-state index in [0.717, 1.165) is 42.7 Å². The summed E-state index contributed by atoms with van der Waals surface area (Å²) in [5.41, 5.74) is 2.15. The maximum absolute atomic E-state index is 14.3. The van der Waals surface area contributed by atoms with E-state index in [1.807, 2.05) is 54.6 Å². The van der Waals surface area contributed by atoms with Gasteiger partial charge in [0.1, 0.15) is 17.8 Å². The summed E-state index contributed by atoms with van der Waals surface area (Å²) < 4.78 is 5.91. The van der Waals surface area contributed by atoms with Crippen molar-refractivity contribution >= 4 is 17.7 Å². The molecule has 0 spiro atoms. The van der Waals surface area contributed by atoms with Gasteiger partial charge in [-0.15, -0.1) is 0 Å². The number of fused-ring (bicyclic) bond motifs is 1. The van der Waals surface area contributed by atoms with E-state index in [9.17, 15) is 14.4 Å². The molecule has 0 bridgehead atoms. The van der Waals surface area contributed by atoms with Gasteiger partial charge in [-0.25, -0.2) is 0 Å². The molecule has 2 aromatic carbocycles. The van der Waals surface area contributed by atoms with E-state index in [-0.39, 0.29) is 29.7 Å². The molecular formula is C33H48N5O4+. The first-order valence-electron chi connectivity index (χ1n) is 15.1. The molecule has 0 radical (unpaired) electrons. The van der Waals surface area contributed by atoms with Gasteiger partial charge in [0.15, 0.2) is 0 Å². The Bertz CT molecular complexity index is 1200. The monoisotopic (exact) mass is 578 g/mol. The molecule has 2 aliphatic rings. The summed E-state index contributed by atoms with van der Waals surface area (Å²) in [6, 6.07) is 16.0. The standard InChI is InChI=1S/C33H47N5O4/c1-34-28(21-24-9-7-6-8-10-24)31(39)36-30-25(22-38(2,3)4)13-14-26-15-18-29(37(26)33(30)41)32(40)35-20-19-23-11-16-27(42-5)17-12-23/h6-12,16-17,25-26,28-30,34H,13-15,18-22H2,1-5H3,(H-,35,36,39,40)/p+1/t25?,26-,28?,29-,30?/m0/s1. The molecule has 2 saturated heterocycles. The van der Waals surface area contributed by atoms with Crippen molar-refractivity contribution in [2.24, 2.45) is 5.92 Å². The van der Waals surface area contributed by atoms with Gasteiger partial charge in [-0.1, -0.05) is 42.5 Å². The normalized spacial score (nSPS) is 23.1. The molecule has 2 heterocycles. The van der Waals surface area contributed by atoms with E-state index >= 15 is 0 Å². The minimum atomic E-state index is -0.681. The second kappa shape index (κ2) is 14.2. The van der Waals surface area contributed by atoms with E-state index in [0.29, 0.717) is 30.3 Å². The van der Waals surface area contributed by atoms with Gasteiger partial charge in [-0.3, -0.25) is 14.4 Å². The first kappa shape index (κ1) is 31.5. The Morgan fingerprint density at radius 3 is 2.31 bits per heavy atom. The number of nitrogens with zero attached hydrogens (tertiary/aromatic N) is 2. The van der Waals surface area contributed by atoms with Crippen molar-refractivity contribution in [1.29, 1.82) is 0 Å². The summed E-state index contributed by atoms with van der Waals surface area (Å²) in [4.78, 5) is 43.1. The van der Waals surface area contributed by atoms with Gasteiger partial charge in [0, 0.05) is 18.5 Å². The summed E-state index contributed by atoms with van der Waals surface area (Å²) >= 11 is 0. The van der Waals surface area contributed by atoms with Crippen LogP contribution in [0, 0.1) is 5.92 Å². The molecule has 42 heavy (non-hydrogen) atoms. The number of hydrogen-bond donors (Lipinski definition) is 3. The van der Waals surface area contributed by atoms with Crippen molar-refractivity contribution in [2.75, 3.05) is 48.4 Å². The lowest BCUT2D eigenvalue weighted by Gasteiger charge is -2.35. The fourth-order valence-electron chi connectivity index (χ4n) is 6.44. The first-order chi connectivity index (χ1) is 20.1. The fraction of sp³-hybridized carbons (Fsp3) is 0.545. The lowest BCUT2D eigenvalue weighted by Crippen LogP contribution is -2.60. The lowest BCUT2D eigenvalue weighted by molar-refractivity contribution is -0.874. The summed E-state index contributed by atoms with van der Waals surface area (Å²) in [5.74, 6) is 0.327. The quantitative estimate of drug-likeness (QED) is 0.335. The topological polar surface area (TPSA) is 99.8 Å². The largest absolute Gasteiger partial charge is 0.497 e. The van der Waals surface area contributed by atoms with Crippen molar-refractivity contribution in [3.05, 3.63) is 65.7 Å². The number of methoxy groups -OCH3 is 1. The molecule has 228 valence electrons. The Kier molecular flexibility index (Phi) is 10.6. The van der Waals surface area contributed by atoms with Crippen LogP contribution in [-0.2, 0) is 27.2 Å². The summed E-state index contributed by atoms with van der Waals surface area (Å²) in [6.07, 6.45) is 4.30. The van der Waals surface area contributed by atoms with Crippen LogP contribution in [-0.4, -0.2) is 99.7 Å². The van der Waals surface area contributed by atoms with Crippen LogP contribution in [0.1, 0.15) is 36.8 Å². The molecule has 5 atom stereocenters. The van der Waals surface area contributed by atoms with E-state index in [4.69, 9.17) is 4.74 Å². The Morgan fingerprint density at radius 2 is 1.67 bits per heavy atom. The number of hydrogen-bond acceptors (Lipinski definition) is 5. The third-order valence-electron chi connectivity index (χ3n) is 8.57. The van der Waals surface area contributed by atoms with Crippen molar-refractivity contribution in [2.45, 2.75) is 62.7 Å². The molecule has 3 unspecified atom stereocenters. The van der Waals surface area contributed by atoms with Gasteiger partial charge in [0.25, 0.3) is 0 Å². The fourth-order valence-corrected chi connectivity index (χ4v) is 6.44. The number of amides is 3. The van der Waals surface area contributed by atoms with Gasteiger partial charge in [-0.05, 0) is 68.8 Å². The van der Waals surface area contributed by atoms with Crippen molar-refractivity contribution in [1.82, 2.24) is 20.9 Å². The maximum atomic E-state index is 14.3. The second-order valence-electron chi connectivity index (χ2n) is 12.7. The Balaban J connectivity index is 1.47. The average Bonchev–Trinajstić information content (AvgIpc) is 3.36. The Hall–Kier alpha value is -3.43. The molecular weight excluding hydrogens is 530 g/mol. The zero-order valence-corrected chi connectivity index (χ0v) is 25.8. The number of likely N-dealkylation sites (N-methyl/N-ethyl adjacent to an activating group) is 1. The van der Waals surface area contributed by atoms with Crippen molar-refractivity contribution in [3.63, 3.8) is 0 Å². The van der Waals surface area contributed by atoms with Gasteiger partial charge in [-0.2, -0.15) is 0 Å². The molecule has 2 aromatic rings. The van der Waals surface area contributed by atoms with Gasteiger partial charge >= 0.3 is 0 Å². The molecule has 2 aliphatic heterocycles. The number of benzene rings is 2. The van der Waals surface area contributed by atoms with E-state index in [1.54, 1.807) is 19.1 Å². The molecule has 3 N–H and O–H groups in total. The smallest absolute Gasteiger partial charge is 0.246 e. The molecule has 9 heteroatoms. The highest BCUT2D eigenvalue weighted by Gasteiger charge is 2.48. The molecule has 2 fully saturated rings. The van der Waals surface area contributed by atoms with Crippen LogP contribution in [0.15, 0.2) is 54.6 Å². The molecule has 3 amide bonds. The summed E-state index contributed by atoms with van der Waals surface area (Å²) in [7, 11) is 9.74. The van der Waals surface area contributed by atoms with Crippen LogP contribution in [0.3, 0.4) is 0 Å². The van der Waals surface area contributed by atoms with Crippen LogP contribution >= 0.6 is 0 Å². The highest BCUT2D eigenvalue weighted by Crippen LogP contribution is 2.34. The second-order valence-corrected chi connectivity index (χ2v) is 12.7. The number of carbonyl (C=O) groups excluding carboxylic acids is 3. The predicted molar refractivity (Wildman–Crippen MR) is 164 cm³/mol. The van der Waals surface area contributed by atoms with Crippen molar-refractivity contribution in [3.8, 4) is 5.75 Å². The molecule has 4 rings (SSSR count). The highest BCUT2D eigenvalue weighted by atomic mass is 16.5.